The molecular formula is C22H25N5O. The van der Waals surface area contributed by atoms with E-state index in [0.29, 0.717) is 0 Å². The molecule has 144 valence electrons. The topological polar surface area (TPSA) is 54.3 Å². The summed E-state index contributed by atoms with van der Waals surface area (Å²) in [6.45, 7) is 7.96. The number of aromatic nitrogens is 3. The first kappa shape index (κ1) is 18.4. The van der Waals surface area contributed by atoms with Gasteiger partial charge in [0, 0.05) is 45.1 Å². The SMILES string of the molecule is Cc1nn(-c2ccccc2)c(C)c1C(=O)N1CCN(Cc2cccnc2)CC1. The standard InChI is InChI=1S/C22H25N5O/c1-17-21(18(2)27(24-17)20-8-4-3-5-9-20)22(28)26-13-11-25(12-14-26)16-19-7-6-10-23-15-19/h3-10,15H,11-14,16H2,1-2H3. The van der Waals surface area contributed by atoms with Crippen LogP contribution in [0.3, 0.4) is 0 Å². The van der Waals surface area contributed by atoms with E-state index in [1.54, 1.807) is 6.20 Å². The van der Waals surface area contributed by atoms with Gasteiger partial charge in [-0.1, -0.05) is 24.3 Å². The van der Waals surface area contributed by atoms with E-state index in [4.69, 9.17) is 0 Å². The van der Waals surface area contributed by atoms with E-state index in [1.807, 2.05) is 66.0 Å². The minimum absolute atomic E-state index is 0.0817. The summed E-state index contributed by atoms with van der Waals surface area (Å²) in [5.74, 6) is 0.0817. The minimum atomic E-state index is 0.0817. The Hall–Kier alpha value is -2.99. The van der Waals surface area contributed by atoms with Gasteiger partial charge in [-0.15, -0.1) is 0 Å². The molecule has 1 aliphatic rings. The molecule has 1 saturated heterocycles. The summed E-state index contributed by atoms with van der Waals surface area (Å²) in [5.41, 5.74) is 4.58. The Morgan fingerprint density at radius 1 is 1.00 bits per heavy atom. The van der Waals surface area contributed by atoms with Crippen molar-refractivity contribution in [3.63, 3.8) is 0 Å². The van der Waals surface area contributed by atoms with Gasteiger partial charge in [0.25, 0.3) is 5.91 Å². The van der Waals surface area contributed by atoms with Gasteiger partial charge >= 0.3 is 0 Å². The lowest BCUT2D eigenvalue weighted by atomic mass is 10.1. The zero-order chi connectivity index (χ0) is 19.5. The third kappa shape index (κ3) is 3.68. The predicted octanol–water partition coefficient (Wildman–Crippen LogP) is 2.84. The van der Waals surface area contributed by atoms with Crippen LogP contribution < -0.4 is 0 Å². The Morgan fingerprint density at radius 2 is 1.75 bits per heavy atom. The Balaban J connectivity index is 1.45. The molecule has 1 aliphatic heterocycles. The number of carbonyl (C=O) groups is 1. The molecule has 1 aromatic carbocycles. The average Bonchev–Trinajstić information content (AvgIpc) is 3.03. The molecule has 0 atom stereocenters. The van der Waals surface area contributed by atoms with E-state index in [0.717, 1.165) is 55.4 Å². The maximum Gasteiger partial charge on any atom is 0.257 e. The first-order valence-electron chi connectivity index (χ1n) is 9.65. The van der Waals surface area contributed by atoms with Crippen LogP contribution in [-0.2, 0) is 6.54 Å². The Labute approximate surface area is 165 Å². The van der Waals surface area contributed by atoms with Crippen LogP contribution in [0.1, 0.15) is 27.3 Å². The predicted molar refractivity (Wildman–Crippen MR) is 108 cm³/mol. The molecule has 0 bridgehead atoms. The minimum Gasteiger partial charge on any atom is -0.336 e. The molecule has 6 nitrogen and oxygen atoms in total. The zero-order valence-electron chi connectivity index (χ0n) is 16.4. The third-order valence-corrected chi connectivity index (χ3v) is 5.29. The van der Waals surface area contributed by atoms with Crippen molar-refractivity contribution in [2.45, 2.75) is 20.4 Å². The fraction of sp³-hybridized carbons (Fsp3) is 0.318. The highest BCUT2D eigenvalue weighted by Crippen LogP contribution is 2.20. The van der Waals surface area contributed by atoms with Crippen LogP contribution in [-0.4, -0.2) is 56.7 Å². The molecule has 0 spiro atoms. The van der Waals surface area contributed by atoms with Crippen molar-refractivity contribution in [2.75, 3.05) is 26.2 Å². The van der Waals surface area contributed by atoms with Gasteiger partial charge in [-0.05, 0) is 37.6 Å². The number of hydrogen-bond donors (Lipinski definition) is 0. The van der Waals surface area contributed by atoms with Crippen molar-refractivity contribution in [2.24, 2.45) is 0 Å². The first-order chi connectivity index (χ1) is 13.6. The van der Waals surface area contributed by atoms with Crippen LogP contribution >= 0.6 is 0 Å². The van der Waals surface area contributed by atoms with Gasteiger partial charge < -0.3 is 4.90 Å². The van der Waals surface area contributed by atoms with Crippen molar-refractivity contribution in [3.8, 4) is 5.69 Å². The molecule has 4 rings (SSSR count). The number of carbonyl (C=O) groups excluding carboxylic acids is 1. The second-order valence-electron chi connectivity index (χ2n) is 7.22. The summed E-state index contributed by atoms with van der Waals surface area (Å²) in [5, 5.41) is 4.62. The fourth-order valence-corrected chi connectivity index (χ4v) is 3.79. The number of piperazine rings is 1. The number of aryl methyl sites for hydroxylation is 1. The molecule has 28 heavy (non-hydrogen) atoms. The van der Waals surface area contributed by atoms with E-state index in [1.165, 1.54) is 5.56 Å². The quantitative estimate of drug-likeness (QED) is 0.704. The molecule has 6 heteroatoms. The third-order valence-electron chi connectivity index (χ3n) is 5.29. The number of nitrogens with zero attached hydrogens (tertiary/aromatic N) is 5. The highest BCUT2D eigenvalue weighted by Gasteiger charge is 2.27. The number of para-hydroxylation sites is 1. The first-order valence-corrected chi connectivity index (χ1v) is 9.65. The van der Waals surface area contributed by atoms with E-state index in [2.05, 4.69) is 21.0 Å². The largest absolute Gasteiger partial charge is 0.336 e. The normalized spacial score (nSPS) is 15.0. The van der Waals surface area contributed by atoms with Crippen LogP contribution in [0, 0.1) is 13.8 Å². The second kappa shape index (κ2) is 7.94. The molecular weight excluding hydrogens is 350 g/mol. The molecule has 0 N–H and O–H groups in total. The van der Waals surface area contributed by atoms with E-state index >= 15 is 0 Å². The summed E-state index contributed by atoms with van der Waals surface area (Å²) in [6, 6.07) is 14.0. The lowest BCUT2D eigenvalue weighted by Gasteiger charge is -2.34. The molecule has 0 aliphatic carbocycles. The summed E-state index contributed by atoms with van der Waals surface area (Å²) in [4.78, 5) is 21.7. The summed E-state index contributed by atoms with van der Waals surface area (Å²) in [6.07, 6.45) is 3.70. The van der Waals surface area contributed by atoms with Crippen molar-refractivity contribution < 1.29 is 4.79 Å². The van der Waals surface area contributed by atoms with Crippen LogP contribution in [0.4, 0.5) is 0 Å². The van der Waals surface area contributed by atoms with E-state index < -0.39 is 0 Å². The molecule has 1 amide bonds. The number of benzene rings is 1. The van der Waals surface area contributed by atoms with Gasteiger partial charge in [0.2, 0.25) is 0 Å². The highest BCUT2D eigenvalue weighted by atomic mass is 16.2. The van der Waals surface area contributed by atoms with E-state index in [9.17, 15) is 4.79 Å². The maximum absolute atomic E-state index is 13.2. The number of hydrogen-bond acceptors (Lipinski definition) is 4. The van der Waals surface area contributed by atoms with Gasteiger partial charge in [-0.3, -0.25) is 14.7 Å². The Bertz CT molecular complexity index is 944. The molecule has 3 heterocycles. The molecule has 2 aromatic heterocycles. The van der Waals surface area contributed by atoms with E-state index in [-0.39, 0.29) is 5.91 Å². The zero-order valence-corrected chi connectivity index (χ0v) is 16.4. The van der Waals surface area contributed by atoms with Crippen LogP contribution in [0.2, 0.25) is 0 Å². The van der Waals surface area contributed by atoms with Gasteiger partial charge in [0.15, 0.2) is 0 Å². The summed E-state index contributed by atoms with van der Waals surface area (Å²) < 4.78 is 1.86. The molecule has 0 unspecified atom stereocenters. The van der Waals surface area contributed by atoms with Gasteiger partial charge in [0.05, 0.1) is 22.6 Å². The Kier molecular flexibility index (Phi) is 5.21. The van der Waals surface area contributed by atoms with Gasteiger partial charge in [0.1, 0.15) is 0 Å². The summed E-state index contributed by atoms with van der Waals surface area (Å²) in [7, 11) is 0. The Morgan fingerprint density at radius 3 is 2.43 bits per heavy atom. The molecule has 0 saturated carbocycles. The number of pyridine rings is 1. The number of amides is 1. The van der Waals surface area contributed by atoms with Crippen molar-refractivity contribution >= 4 is 5.91 Å². The lowest BCUT2D eigenvalue weighted by molar-refractivity contribution is 0.0627. The van der Waals surface area contributed by atoms with Crippen molar-refractivity contribution in [1.82, 2.24) is 24.6 Å². The molecule has 1 fully saturated rings. The molecule has 0 radical (unpaired) electrons. The molecule has 3 aromatic rings. The fourth-order valence-electron chi connectivity index (χ4n) is 3.79. The smallest absolute Gasteiger partial charge is 0.257 e. The van der Waals surface area contributed by atoms with Crippen molar-refractivity contribution in [3.05, 3.63) is 77.4 Å². The lowest BCUT2D eigenvalue weighted by Crippen LogP contribution is -2.48. The van der Waals surface area contributed by atoms with Crippen LogP contribution in [0.25, 0.3) is 5.69 Å². The highest BCUT2D eigenvalue weighted by molar-refractivity contribution is 5.96. The monoisotopic (exact) mass is 375 g/mol. The van der Waals surface area contributed by atoms with Crippen molar-refractivity contribution in [1.29, 1.82) is 0 Å². The number of rotatable bonds is 4. The van der Waals surface area contributed by atoms with Crippen LogP contribution in [0.5, 0.6) is 0 Å². The summed E-state index contributed by atoms with van der Waals surface area (Å²) >= 11 is 0. The maximum atomic E-state index is 13.2. The van der Waals surface area contributed by atoms with Gasteiger partial charge in [-0.25, -0.2) is 4.68 Å². The second-order valence-corrected chi connectivity index (χ2v) is 7.22. The average molecular weight is 375 g/mol. The van der Waals surface area contributed by atoms with Crippen LogP contribution in [0.15, 0.2) is 54.9 Å². The van der Waals surface area contributed by atoms with Gasteiger partial charge in [-0.2, -0.15) is 5.10 Å².